The van der Waals surface area contributed by atoms with Crippen molar-refractivity contribution in [2.45, 2.75) is 44.6 Å². The van der Waals surface area contributed by atoms with Crippen LogP contribution in [0, 0.1) is 12.5 Å². The van der Waals surface area contributed by atoms with Crippen molar-refractivity contribution in [2.75, 3.05) is 13.1 Å². The molecule has 1 saturated heterocycles. The Morgan fingerprint density at radius 1 is 1.42 bits per heavy atom. The van der Waals surface area contributed by atoms with Gasteiger partial charge in [0.05, 0.1) is 5.52 Å². The van der Waals surface area contributed by atoms with Crippen molar-refractivity contribution in [3.05, 3.63) is 41.5 Å². The zero-order valence-corrected chi connectivity index (χ0v) is 15.3. The molecule has 0 radical (unpaired) electrons. The van der Waals surface area contributed by atoms with E-state index in [1.165, 1.54) is 0 Å². The van der Waals surface area contributed by atoms with Crippen LogP contribution in [0.5, 0.6) is 0 Å². The van der Waals surface area contributed by atoms with Crippen LogP contribution >= 0.6 is 0 Å². The maximum absolute atomic E-state index is 12.5. The van der Waals surface area contributed by atoms with E-state index in [1.54, 1.807) is 12.3 Å². The molecule has 0 N–H and O–H groups in total. The van der Waals surface area contributed by atoms with Crippen molar-refractivity contribution in [3.63, 3.8) is 0 Å². The average Bonchev–Trinajstić information content (AvgIpc) is 3.34. The molecule has 134 valence electrons. The van der Waals surface area contributed by atoms with E-state index in [9.17, 15) is 4.79 Å². The summed E-state index contributed by atoms with van der Waals surface area (Å²) in [5.74, 6) is 0.916. The molecule has 0 bridgehead atoms. The predicted molar refractivity (Wildman–Crippen MR) is 98.0 cm³/mol. The monoisotopic (exact) mass is 350 g/mol. The molecule has 0 spiro atoms. The number of carbonyl (C=O) groups is 1. The second-order valence-corrected chi connectivity index (χ2v) is 8.29. The number of ether oxygens (including phenoxy) is 1. The molecule has 1 aliphatic carbocycles. The van der Waals surface area contributed by atoms with E-state index in [2.05, 4.69) is 9.83 Å². The quantitative estimate of drug-likeness (QED) is 0.727. The summed E-state index contributed by atoms with van der Waals surface area (Å²) >= 11 is 0. The van der Waals surface area contributed by atoms with Gasteiger partial charge in [0.1, 0.15) is 11.8 Å². The van der Waals surface area contributed by atoms with Gasteiger partial charge in [0.2, 0.25) is 0 Å². The Labute approximate surface area is 153 Å². The first-order chi connectivity index (χ1) is 12.3. The van der Waals surface area contributed by atoms with Crippen molar-refractivity contribution in [1.29, 1.82) is 0 Å². The third-order valence-corrected chi connectivity index (χ3v) is 5.29. The molecule has 2 aliphatic rings. The Bertz CT molecular complexity index is 928. The standard InChI is InChI=1S/C20H22N4O2/c1-19(2,3)26-18(25)24-8-7-14-10-20(14,12-24)16-6-5-13-11-22-17(21-4)9-15(13)23-16/h5-6,9,11,14H,7-8,10,12H2,1-3H3. The van der Waals surface area contributed by atoms with Crippen LogP contribution in [-0.4, -0.2) is 39.7 Å². The van der Waals surface area contributed by atoms with Gasteiger partial charge >= 0.3 is 6.09 Å². The van der Waals surface area contributed by atoms with Crippen molar-refractivity contribution < 1.29 is 9.53 Å². The number of likely N-dealkylation sites (tertiary alicyclic amines) is 1. The highest BCUT2D eigenvalue weighted by Gasteiger charge is 2.59. The number of rotatable bonds is 1. The summed E-state index contributed by atoms with van der Waals surface area (Å²) in [5.41, 5.74) is 1.23. The van der Waals surface area contributed by atoms with Gasteiger partial charge in [-0.1, -0.05) is 6.57 Å². The minimum Gasteiger partial charge on any atom is -0.444 e. The predicted octanol–water partition coefficient (Wildman–Crippen LogP) is 4.08. The lowest BCUT2D eigenvalue weighted by atomic mass is 9.92. The highest BCUT2D eigenvalue weighted by molar-refractivity contribution is 5.80. The molecule has 1 amide bonds. The van der Waals surface area contributed by atoms with Gasteiger partial charge in [-0.25, -0.2) is 4.79 Å². The van der Waals surface area contributed by atoms with Crippen molar-refractivity contribution in [1.82, 2.24) is 14.9 Å². The molecule has 2 aromatic rings. The van der Waals surface area contributed by atoms with Gasteiger partial charge in [0.25, 0.3) is 5.82 Å². The minimum atomic E-state index is -0.491. The number of hydrogen-bond acceptors (Lipinski definition) is 4. The van der Waals surface area contributed by atoms with Gasteiger partial charge in [0, 0.05) is 29.6 Å². The molecular formula is C20H22N4O2. The molecule has 0 aromatic carbocycles. The Hall–Kier alpha value is -2.68. The Balaban J connectivity index is 1.62. The molecule has 4 rings (SSSR count). The van der Waals surface area contributed by atoms with E-state index in [-0.39, 0.29) is 11.5 Å². The van der Waals surface area contributed by atoms with E-state index in [0.29, 0.717) is 18.3 Å². The molecule has 6 nitrogen and oxygen atoms in total. The number of nitrogens with zero attached hydrogens (tertiary/aromatic N) is 4. The molecule has 26 heavy (non-hydrogen) atoms. The summed E-state index contributed by atoms with van der Waals surface area (Å²) in [6.45, 7) is 14.2. The molecule has 2 fully saturated rings. The lowest BCUT2D eigenvalue weighted by Crippen LogP contribution is -2.45. The van der Waals surface area contributed by atoms with Crippen LogP contribution in [0.25, 0.3) is 15.7 Å². The van der Waals surface area contributed by atoms with Crippen molar-refractivity contribution >= 4 is 22.8 Å². The zero-order chi connectivity index (χ0) is 18.5. The molecule has 2 aromatic heterocycles. The zero-order valence-electron chi connectivity index (χ0n) is 15.3. The van der Waals surface area contributed by atoms with Crippen LogP contribution in [0.4, 0.5) is 10.6 Å². The highest BCUT2D eigenvalue weighted by Crippen LogP contribution is 2.58. The normalized spacial score (nSPS) is 24.7. The topological polar surface area (TPSA) is 59.7 Å². The Kier molecular flexibility index (Phi) is 3.65. The van der Waals surface area contributed by atoms with Crippen LogP contribution < -0.4 is 0 Å². The van der Waals surface area contributed by atoms with Crippen molar-refractivity contribution in [2.24, 2.45) is 5.92 Å². The summed E-state index contributed by atoms with van der Waals surface area (Å²) < 4.78 is 5.55. The number of fused-ring (bicyclic) bond motifs is 2. The molecule has 2 unspecified atom stereocenters. The lowest BCUT2D eigenvalue weighted by molar-refractivity contribution is 0.0190. The minimum absolute atomic E-state index is 0.0785. The molecule has 1 aliphatic heterocycles. The maximum atomic E-state index is 12.5. The largest absolute Gasteiger partial charge is 0.444 e. The molecule has 3 heterocycles. The van der Waals surface area contributed by atoms with E-state index in [4.69, 9.17) is 16.3 Å². The van der Waals surface area contributed by atoms with E-state index < -0.39 is 5.60 Å². The fourth-order valence-electron chi connectivity index (χ4n) is 3.91. The van der Waals surface area contributed by atoms with Gasteiger partial charge in [-0.15, -0.1) is 4.98 Å². The van der Waals surface area contributed by atoms with Gasteiger partial charge < -0.3 is 14.5 Å². The summed E-state index contributed by atoms with van der Waals surface area (Å²) in [6, 6.07) is 5.78. The Morgan fingerprint density at radius 2 is 2.23 bits per heavy atom. The van der Waals surface area contributed by atoms with E-state index in [1.807, 2.05) is 37.8 Å². The van der Waals surface area contributed by atoms with E-state index in [0.717, 1.165) is 36.0 Å². The smallest absolute Gasteiger partial charge is 0.410 e. The summed E-state index contributed by atoms with van der Waals surface area (Å²) in [5, 5.41) is 0.926. The van der Waals surface area contributed by atoms with Gasteiger partial charge in [-0.3, -0.25) is 4.98 Å². The second kappa shape index (κ2) is 5.66. The van der Waals surface area contributed by atoms with Crippen LogP contribution in [0.3, 0.4) is 0 Å². The molecule has 6 heteroatoms. The van der Waals surface area contributed by atoms with Crippen molar-refractivity contribution in [3.8, 4) is 0 Å². The van der Waals surface area contributed by atoms with Crippen LogP contribution in [0.15, 0.2) is 24.4 Å². The fourth-order valence-corrected chi connectivity index (χ4v) is 3.91. The lowest BCUT2D eigenvalue weighted by Gasteiger charge is -2.34. The van der Waals surface area contributed by atoms with Gasteiger partial charge in [0.15, 0.2) is 0 Å². The van der Waals surface area contributed by atoms with Gasteiger partial charge in [-0.2, -0.15) is 0 Å². The number of pyridine rings is 2. The summed E-state index contributed by atoms with van der Waals surface area (Å²) in [4.78, 5) is 26.6. The van der Waals surface area contributed by atoms with Crippen LogP contribution in [-0.2, 0) is 10.2 Å². The number of carbonyl (C=O) groups excluding carboxylic acids is 1. The SMILES string of the molecule is [C-]#[N+]c1cc2nc(C34CC3CCN(C(=O)OC(C)(C)C)C4)ccc2cn1. The summed E-state index contributed by atoms with van der Waals surface area (Å²) in [7, 11) is 0. The number of hydrogen-bond donors (Lipinski definition) is 0. The summed E-state index contributed by atoms with van der Waals surface area (Å²) in [6.07, 6.45) is 3.46. The maximum Gasteiger partial charge on any atom is 0.410 e. The first-order valence-corrected chi connectivity index (χ1v) is 8.93. The third kappa shape index (κ3) is 2.88. The first-order valence-electron chi connectivity index (χ1n) is 8.93. The van der Waals surface area contributed by atoms with Crippen LogP contribution in [0.2, 0.25) is 0 Å². The van der Waals surface area contributed by atoms with Crippen LogP contribution in [0.1, 0.15) is 39.3 Å². The highest BCUT2D eigenvalue weighted by atomic mass is 16.6. The van der Waals surface area contributed by atoms with E-state index >= 15 is 0 Å². The number of piperidine rings is 1. The first kappa shape index (κ1) is 16.8. The second-order valence-electron chi connectivity index (χ2n) is 8.29. The fraction of sp³-hybridized carbons (Fsp3) is 0.500. The Morgan fingerprint density at radius 3 is 2.96 bits per heavy atom. The average molecular weight is 350 g/mol. The molecule has 2 atom stereocenters. The molecular weight excluding hydrogens is 328 g/mol. The third-order valence-electron chi connectivity index (χ3n) is 5.29. The van der Waals surface area contributed by atoms with Gasteiger partial charge in [-0.05, 0) is 57.7 Å². The number of amides is 1. The molecule has 1 saturated carbocycles. The number of aromatic nitrogens is 2.